The van der Waals surface area contributed by atoms with Gasteiger partial charge in [0.1, 0.15) is 0 Å². The molecule has 3 aromatic rings. The first-order chi connectivity index (χ1) is 8.11. The summed E-state index contributed by atoms with van der Waals surface area (Å²) in [4.78, 5) is 12.4. The SMILES string of the molecule is Cc1c2c(=O)c3ccccc3n(C)c2nn1C. The van der Waals surface area contributed by atoms with E-state index in [2.05, 4.69) is 5.10 Å². The van der Waals surface area contributed by atoms with E-state index in [1.165, 1.54) is 0 Å². The Morgan fingerprint density at radius 2 is 1.88 bits per heavy atom. The maximum atomic E-state index is 12.4. The second-order valence-electron chi connectivity index (χ2n) is 4.31. The molecule has 0 aliphatic carbocycles. The fraction of sp³-hybridized carbons (Fsp3) is 0.231. The standard InChI is InChI=1S/C13H13N3O/c1-8-11-12(17)9-6-4-5-7-10(9)15(2)13(11)14-16(8)3/h4-7H,1-3H3. The summed E-state index contributed by atoms with van der Waals surface area (Å²) >= 11 is 0. The summed E-state index contributed by atoms with van der Waals surface area (Å²) in [6.07, 6.45) is 0. The van der Waals surface area contributed by atoms with E-state index in [-0.39, 0.29) is 5.43 Å². The van der Waals surface area contributed by atoms with Crippen LogP contribution in [0.5, 0.6) is 0 Å². The normalized spacial score (nSPS) is 11.5. The van der Waals surface area contributed by atoms with Gasteiger partial charge in [-0.2, -0.15) is 5.10 Å². The molecule has 0 N–H and O–H groups in total. The van der Waals surface area contributed by atoms with Crippen LogP contribution in [0, 0.1) is 6.92 Å². The van der Waals surface area contributed by atoms with Crippen LogP contribution in [0.1, 0.15) is 5.69 Å². The first-order valence-electron chi connectivity index (χ1n) is 5.52. The molecule has 3 rings (SSSR count). The quantitative estimate of drug-likeness (QED) is 0.587. The third-order valence-electron chi connectivity index (χ3n) is 3.37. The zero-order valence-electron chi connectivity index (χ0n) is 10.1. The van der Waals surface area contributed by atoms with Crippen LogP contribution in [0.15, 0.2) is 29.1 Å². The molecule has 0 unspecified atom stereocenters. The second-order valence-corrected chi connectivity index (χ2v) is 4.31. The number of aromatic nitrogens is 3. The van der Waals surface area contributed by atoms with Crippen LogP contribution in [0.4, 0.5) is 0 Å². The summed E-state index contributed by atoms with van der Waals surface area (Å²) < 4.78 is 3.73. The van der Waals surface area contributed by atoms with Gasteiger partial charge in [0.05, 0.1) is 10.9 Å². The largest absolute Gasteiger partial charge is 0.327 e. The second kappa shape index (κ2) is 3.20. The Bertz CT molecular complexity index is 796. The van der Waals surface area contributed by atoms with Gasteiger partial charge in [0.25, 0.3) is 0 Å². The Morgan fingerprint density at radius 1 is 1.18 bits per heavy atom. The zero-order chi connectivity index (χ0) is 12.2. The lowest BCUT2D eigenvalue weighted by molar-refractivity contribution is 0.741. The molecule has 4 nitrogen and oxygen atoms in total. The molecule has 86 valence electrons. The Balaban J connectivity index is 2.74. The lowest BCUT2D eigenvalue weighted by atomic mass is 10.1. The van der Waals surface area contributed by atoms with E-state index < -0.39 is 0 Å². The summed E-state index contributed by atoms with van der Waals surface area (Å²) in [7, 11) is 3.80. The van der Waals surface area contributed by atoms with Crippen molar-refractivity contribution in [3.05, 3.63) is 40.2 Å². The Labute approximate surface area is 98.1 Å². The topological polar surface area (TPSA) is 39.8 Å². The third-order valence-corrected chi connectivity index (χ3v) is 3.37. The Morgan fingerprint density at radius 3 is 2.65 bits per heavy atom. The van der Waals surface area contributed by atoms with Crippen molar-refractivity contribution in [2.75, 3.05) is 0 Å². The van der Waals surface area contributed by atoms with Crippen molar-refractivity contribution in [2.45, 2.75) is 6.92 Å². The molecule has 4 heteroatoms. The minimum Gasteiger partial charge on any atom is -0.327 e. The fourth-order valence-corrected chi connectivity index (χ4v) is 2.30. The van der Waals surface area contributed by atoms with Crippen LogP contribution in [-0.2, 0) is 14.1 Å². The summed E-state index contributed by atoms with van der Waals surface area (Å²) in [6, 6.07) is 7.63. The van der Waals surface area contributed by atoms with Crippen molar-refractivity contribution in [2.24, 2.45) is 14.1 Å². The van der Waals surface area contributed by atoms with Gasteiger partial charge in [-0.25, -0.2) is 0 Å². The summed E-state index contributed by atoms with van der Waals surface area (Å²) in [6.45, 7) is 1.92. The molecule has 0 atom stereocenters. The molecule has 0 aliphatic heterocycles. The molecule has 0 bridgehead atoms. The summed E-state index contributed by atoms with van der Waals surface area (Å²) in [5, 5.41) is 5.87. The van der Waals surface area contributed by atoms with Gasteiger partial charge in [-0.1, -0.05) is 12.1 Å². The van der Waals surface area contributed by atoms with Gasteiger partial charge >= 0.3 is 0 Å². The molecule has 0 fully saturated rings. The van der Waals surface area contributed by atoms with Crippen LogP contribution in [0.2, 0.25) is 0 Å². The van der Waals surface area contributed by atoms with Crippen LogP contribution in [0.25, 0.3) is 21.9 Å². The highest BCUT2D eigenvalue weighted by Crippen LogP contribution is 2.18. The minimum absolute atomic E-state index is 0.0688. The zero-order valence-corrected chi connectivity index (χ0v) is 10.1. The molecule has 2 heterocycles. The number of hydrogen-bond donors (Lipinski definition) is 0. The molecule has 0 radical (unpaired) electrons. The van der Waals surface area contributed by atoms with Gasteiger partial charge in [0, 0.05) is 25.2 Å². The first-order valence-corrected chi connectivity index (χ1v) is 5.52. The highest BCUT2D eigenvalue weighted by Gasteiger charge is 2.14. The predicted molar refractivity (Wildman–Crippen MR) is 68.2 cm³/mol. The smallest absolute Gasteiger partial charge is 0.200 e. The first kappa shape index (κ1) is 10.1. The van der Waals surface area contributed by atoms with Crippen molar-refractivity contribution in [1.82, 2.24) is 14.3 Å². The van der Waals surface area contributed by atoms with E-state index in [0.29, 0.717) is 5.39 Å². The lowest BCUT2D eigenvalue weighted by Gasteiger charge is -2.05. The highest BCUT2D eigenvalue weighted by molar-refractivity contribution is 5.92. The van der Waals surface area contributed by atoms with E-state index in [4.69, 9.17) is 0 Å². The molecule has 0 saturated carbocycles. The predicted octanol–water partition coefficient (Wildman–Crippen LogP) is 1.73. The van der Waals surface area contributed by atoms with Gasteiger partial charge in [-0.15, -0.1) is 0 Å². The van der Waals surface area contributed by atoms with Crippen LogP contribution < -0.4 is 5.43 Å². The molecular formula is C13H13N3O. The van der Waals surface area contributed by atoms with E-state index >= 15 is 0 Å². The minimum atomic E-state index is 0.0688. The van der Waals surface area contributed by atoms with Crippen LogP contribution >= 0.6 is 0 Å². The number of pyridine rings is 1. The molecule has 0 saturated heterocycles. The maximum absolute atomic E-state index is 12.4. The number of aryl methyl sites for hydroxylation is 3. The van der Waals surface area contributed by atoms with Crippen molar-refractivity contribution in [1.29, 1.82) is 0 Å². The lowest BCUT2D eigenvalue weighted by Crippen LogP contribution is -2.08. The molecular weight excluding hydrogens is 214 g/mol. The molecule has 2 aromatic heterocycles. The number of hydrogen-bond acceptors (Lipinski definition) is 2. The van der Waals surface area contributed by atoms with Gasteiger partial charge in [-0.3, -0.25) is 9.48 Å². The van der Waals surface area contributed by atoms with Crippen molar-refractivity contribution < 1.29 is 0 Å². The van der Waals surface area contributed by atoms with Gasteiger partial charge < -0.3 is 4.57 Å². The third kappa shape index (κ3) is 1.18. The van der Waals surface area contributed by atoms with Crippen LogP contribution in [-0.4, -0.2) is 14.3 Å². The van der Waals surface area contributed by atoms with E-state index in [1.54, 1.807) is 4.68 Å². The van der Waals surface area contributed by atoms with Gasteiger partial charge in [-0.05, 0) is 19.1 Å². The summed E-state index contributed by atoms with van der Waals surface area (Å²) in [5.74, 6) is 0. The number of benzene rings is 1. The van der Waals surface area contributed by atoms with E-state index in [0.717, 1.165) is 22.2 Å². The van der Waals surface area contributed by atoms with E-state index in [1.807, 2.05) is 49.9 Å². The number of fused-ring (bicyclic) bond motifs is 2. The average Bonchev–Trinajstić information content (AvgIpc) is 2.64. The van der Waals surface area contributed by atoms with Gasteiger partial charge in [0.15, 0.2) is 5.65 Å². The summed E-state index contributed by atoms with van der Waals surface area (Å²) in [5.41, 5.74) is 2.64. The maximum Gasteiger partial charge on any atom is 0.200 e. The van der Waals surface area contributed by atoms with Gasteiger partial charge in [0.2, 0.25) is 5.43 Å². The average molecular weight is 227 g/mol. The van der Waals surface area contributed by atoms with Crippen LogP contribution in [0.3, 0.4) is 0 Å². The molecule has 0 amide bonds. The monoisotopic (exact) mass is 227 g/mol. The molecule has 0 spiro atoms. The molecule has 0 aliphatic rings. The molecule has 17 heavy (non-hydrogen) atoms. The fourth-order valence-electron chi connectivity index (χ4n) is 2.30. The number of nitrogens with zero attached hydrogens (tertiary/aromatic N) is 3. The van der Waals surface area contributed by atoms with Crippen molar-refractivity contribution in [3.63, 3.8) is 0 Å². The van der Waals surface area contributed by atoms with E-state index in [9.17, 15) is 4.79 Å². The molecule has 1 aromatic carbocycles. The van der Waals surface area contributed by atoms with Crippen molar-refractivity contribution in [3.8, 4) is 0 Å². The Kier molecular flexibility index (Phi) is 1.90. The van der Waals surface area contributed by atoms with Crippen molar-refractivity contribution >= 4 is 21.9 Å². The number of rotatable bonds is 0. The highest BCUT2D eigenvalue weighted by atomic mass is 16.1. The number of para-hydroxylation sites is 1. The Hall–Kier alpha value is -2.10.